The first-order chi connectivity index (χ1) is 12.2. The standard InChI is InChI=1S/C19H21N3O2S/c1-22-20-18(15-8-4-3-5-9-15)14-25(21-22)13-17-11-7-6-10-16(17)12-19(23)24-2/h3-11,13,21H,12,14H2,1-2H3. The van der Waals surface area contributed by atoms with Crippen LogP contribution in [0.2, 0.25) is 0 Å². The lowest BCUT2D eigenvalue weighted by atomic mass is 10.1. The lowest BCUT2D eigenvalue weighted by Gasteiger charge is -2.26. The fourth-order valence-electron chi connectivity index (χ4n) is 2.61. The van der Waals surface area contributed by atoms with E-state index in [0.717, 1.165) is 28.2 Å². The molecule has 25 heavy (non-hydrogen) atoms. The molecule has 3 rings (SSSR count). The van der Waals surface area contributed by atoms with E-state index in [-0.39, 0.29) is 23.1 Å². The highest BCUT2D eigenvalue weighted by Gasteiger charge is 2.15. The summed E-state index contributed by atoms with van der Waals surface area (Å²) in [6, 6.07) is 18.1. The maximum absolute atomic E-state index is 11.6. The van der Waals surface area contributed by atoms with E-state index in [1.54, 1.807) is 5.12 Å². The van der Waals surface area contributed by atoms with Gasteiger partial charge in [0, 0.05) is 12.8 Å². The summed E-state index contributed by atoms with van der Waals surface area (Å²) in [5.41, 5.74) is 4.19. The normalized spacial score (nSPS) is 17.3. The summed E-state index contributed by atoms with van der Waals surface area (Å²) in [6.45, 7) is 0. The minimum atomic E-state index is -0.232. The van der Waals surface area contributed by atoms with E-state index in [2.05, 4.69) is 27.4 Å². The number of hydrogen-bond acceptors (Lipinski definition) is 5. The Labute approximate surface area is 150 Å². The molecule has 0 bridgehead atoms. The topological polar surface area (TPSA) is 53.9 Å². The van der Waals surface area contributed by atoms with Crippen LogP contribution in [0.15, 0.2) is 59.7 Å². The van der Waals surface area contributed by atoms with Gasteiger partial charge in [0.2, 0.25) is 0 Å². The largest absolute Gasteiger partial charge is 0.469 e. The predicted molar refractivity (Wildman–Crippen MR) is 104 cm³/mol. The zero-order valence-electron chi connectivity index (χ0n) is 14.3. The van der Waals surface area contributed by atoms with Crippen LogP contribution in [-0.2, 0) is 16.0 Å². The van der Waals surface area contributed by atoms with Gasteiger partial charge in [-0.3, -0.25) is 4.79 Å². The highest BCUT2D eigenvalue weighted by molar-refractivity contribution is 8.14. The molecule has 0 spiro atoms. The number of carbonyl (C=O) groups excluding carboxylic acids is 1. The highest BCUT2D eigenvalue weighted by Crippen LogP contribution is 2.20. The predicted octanol–water partition coefficient (Wildman–Crippen LogP) is 2.59. The Bertz CT molecular complexity index is 818. The van der Waals surface area contributed by atoms with E-state index < -0.39 is 0 Å². The maximum Gasteiger partial charge on any atom is 0.309 e. The van der Waals surface area contributed by atoms with Crippen molar-refractivity contribution in [2.75, 3.05) is 19.9 Å². The number of nitrogens with one attached hydrogen (secondary N) is 1. The quantitative estimate of drug-likeness (QED) is 0.677. The van der Waals surface area contributed by atoms with Gasteiger partial charge in [-0.15, -0.1) is 0 Å². The fourth-order valence-corrected chi connectivity index (χ4v) is 4.25. The van der Waals surface area contributed by atoms with Gasteiger partial charge in [0.05, 0.1) is 19.2 Å². The van der Waals surface area contributed by atoms with Crippen molar-refractivity contribution in [3.05, 3.63) is 71.3 Å². The van der Waals surface area contributed by atoms with Crippen molar-refractivity contribution in [3.63, 3.8) is 0 Å². The molecule has 2 aromatic carbocycles. The lowest BCUT2D eigenvalue weighted by Crippen LogP contribution is -2.34. The summed E-state index contributed by atoms with van der Waals surface area (Å²) in [6.07, 6.45) is 0.274. The molecule has 1 aliphatic heterocycles. The van der Waals surface area contributed by atoms with Crippen molar-refractivity contribution in [1.29, 1.82) is 0 Å². The molecule has 2 aromatic rings. The molecule has 1 unspecified atom stereocenters. The number of hydrazine groups is 1. The second kappa shape index (κ2) is 8.09. The number of hydrogen-bond donors (Lipinski definition) is 1. The van der Waals surface area contributed by atoms with Gasteiger partial charge < -0.3 is 4.74 Å². The van der Waals surface area contributed by atoms with Gasteiger partial charge in [0.25, 0.3) is 0 Å². The Balaban J connectivity index is 1.87. The van der Waals surface area contributed by atoms with Crippen LogP contribution in [0.4, 0.5) is 0 Å². The van der Waals surface area contributed by atoms with Crippen molar-refractivity contribution in [2.45, 2.75) is 6.42 Å². The van der Waals surface area contributed by atoms with Gasteiger partial charge in [-0.25, -0.2) is 5.12 Å². The van der Waals surface area contributed by atoms with E-state index in [9.17, 15) is 4.79 Å². The Morgan fingerprint density at radius 2 is 1.96 bits per heavy atom. The second-order valence-corrected chi connectivity index (χ2v) is 7.24. The van der Waals surface area contributed by atoms with Crippen LogP contribution in [0.3, 0.4) is 0 Å². The summed E-state index contributed by atoms with van der Waals surface area (Å²) in [4.78, 5) is 15.0. The van der Waals surface area contributed by atoms with Gasteiger partial charge in [-0.1, -0.05) is 65.3 Å². The number of rotatable bonds is 4. The van der Waals surface area contributed by atoms with Gasteiger partial charge in [0.1, 0.15) is 0 Å². The van der Waals surface area contributed by atoms with Crippen LogP contribution in [0.5, 0.6) is 0 Å². The molecule has 0 saturated heterocycles. The monoisotopic (exact) mass is 355 g/mol. The average molecular weight is 355 g/mol. The molecule has 0 saturated carbocycles. The summed E-state index contributed by atoms with van der Waals surface area (Å²) >= 11 is 0. The Hall–Kier alpha value is -2.44. The number of nitrogens with zero attached hydrogens (tertiary/aromatic N) is 2. The Kier molecular flexibility index (Phi) is 5.63. The third-order valence-electron chi connectivity index (χ3n) is 3.81. The number of methoxy groups -OCH3 is 1. The highest BCUT2D eigenvalue weighted by atomic mass is 32.2. The van der Waals surface area contributed by atoms with Gasteiger partial charge in [0.15, 0.2) is 0 Å². The van der Waals surface area contributed by atoms with Crippen molar-refractivity contribution in [1.82, 2.24) is 9.95 Å². The van der Waals surface area contributed by atoms with Crippen molar-refractivity contribution < 1.29 is 9.53 Å². The Morgan fingerprint density at radius 1 is 1.24 bits per heavy atom. The molecule has 0 fully saturated rings. The minimum Gasteiger partial charge on any atom is -0.469 e. The number of esters is 1. The molecular weight excluding hydrogens is 334 g/mol. The van der Waals surface area contributed by atoms with E-state index in [1.807, 2.05) is 49.5 Å². The summed E-state index contributed by atoms with van der Waals surface area (Å²) in [7, 11) is 3.10. The van der Waals surface area contributed by atoms with Crippen molar-refractivity contribution in [3.8, 4) is 0 Å². The van der Waals surface area contributed by atoms with Crippen LogP contribution >= 0.6 is 10.7 Å². The molecule has 5 nitrogen and oxygen atoms in total. The molecule has 1 heterocycles. The molecule has 0 radical (unpaired) electrons. The lowest BCUT2D eigenvalue weighted by molar-refractivity contribution is -0.139. The molecule has 0 amide bonds. The minimum absolute atomic E-state index is 0.215. The zero-order chi connectivity index (χ0) is 17.6. The van der Waals surface area contributed by atoms with E-state index in [0.29, 0.717) is 0 Å². The summed E-state index contributed by atoms with van der Waals surface area (Å²) in [5, 5.41) is 8.51. The van der Waals surface area contributed by atoms with Gasteiger partial charge >= 0.3 is 5.97 Å². The summed E-state index contributed by atoms with van der Waals surface area (Å²) in [5.74, 6) is 0.574. The SMILES string of the molecule is COC(=O)Cc1ccccc1C=S1CC(c2ccccc2)=NN(C)N1. The first-order valence-electron chi connectivity index (χ1n) is 7.98. The second-order valence-electron chi connectivity index (χ2n) is 5.67. The third kappa shape index (κ3) is 4.55. The first-order valence-corrected chi connectivity index (χ1v) is 9.43. The fraction of sp³-hybridized carbons (Fsp3) is 0.211. The van der Waals surface area contributed by atoms with Gasteiger partial charge in [-0.2, -0.15) is 9.93 Å². The average Bonchev–Trinajstić information content (AvgIpc) is 2.63. The van der Waals surface area contributed by atoms with E-state index >= 15 is 0 Å². The zero-order valence-corrected chi connectivity index (χ0v) is 15.1. The molecule has 1 N–H and O–H groups in total. The Morgan fingerprint density at radius 3 is 2.72 bits per heavy atom. The number of ether oxygens (including phenoxy) is 1. The molecule has 130 valence electrons. The van der Waals surface area contributed by atoms with Crippen LogP contribution in [-0.4, -0.2) is 42.1 Å². The molecule has 6 heteroatoms. The van der Waals surface area contributed by atoms with E-state index in [4.69, 9.17) is 4.74 Å². The molecule has 1 aliphatic rings. The van der Waals surface area contributed by atoms with Crippen LogP contribution in [0.25, 0.3) is 0 Å². The first kappa shape index (κ1) is 17.4. The number of benzene rings is 2. The maximum atomic E-state index is 11.6. The van der Waals surface area contributed by atoms with E-state index in [1.165, 1.54) is 7.11 Å². The van der Waals surface area contributed by atoms with Crippen molar-refractivity contribution in [2.24, 2.45) is 5.10 Å². The van der Waals surface area contributed by atoms with Crippen LogP contribution in [0, 0.1) is 0 Å². The smallest absolute Gasteiger partial charge is 0.309 e. The molecule has 1 atom stereocenters. The van der Waals surface area contributed by atoms with Crippen LogP contribution < -0.4 is 4.83 Å². The number of carbonyl (C=O) groups is 1. The third-order valence-corrected chi connectivity index (χ3v) is 5.43. The summed E-state index contributed by atoms with van der Waals surface area (Å²) < 4.78 is 4.80. The molecule has 0 aromatic heterocycles. The van der Waals surface area contributed by atoms with Crippen molar-refractivity contribution >= 4 is 27.7 Å². The van der Waals surface area contributed by atoms with Crippen LogP contribution in [0.1, 0.15) is 16.7 Å². The number of hydrazone groups is 1. The molecule has 0 aliphatic carbocycles. The van der Waals surface area contributed by atoms with Gasteiger partial charge in [-0.05, 0) is 22.1 Å². The molecular formula is C19H21N3O2S.